The number of aliphatic carboxylic acids is 1. The highest BCUT2D eigenvalue weighted by atomic mass is 16.6. The van der Waals surface area contributed by atoms with Crippen molar-refractivity contribution < 1.29 is 29.0 Å². The smallest absolute Gasteiger partial charge is 0.410 e. The zero-order valence-corrected chi connectivity index (χ0v) is 15.3. The van der Waals surface area contributed by atoms with Crippen LogP contribution in [0, 0.1) is 5.92 Å². The number of amides is 1. The van der Waals surface area contributed by atoms with Gasteiger partial charge in [0.15, 0.2) is 0 Å². The van der Waals surface area contributed by atoms with Crippen molar-refractivity contribution in [1.82, 2.24) is 4.90 Å². The van der Waals surface area contributed by atoms with Crippen LogP contribution in [0.25, 0.3) is 0 Å². The number of carboxylic acids is 1. The van der Waals surface area contributed by atoms with Gasteiger partial charge in [-0.1, -0.05) is 30.3 Å². The number of esters is 1. The van der Waals surface area contributed by atoms with Crippen molar-refractivity contribution in [1.29, 1.82) is 0 Å². The number of likely N-dealkylation sites (tertiary alicyclic amines) is 1. The predicted octanol–water partition coefficient (Wildman–Crippen LogP) is 2.83. The fourth-order valence-electron chi connectivity index (χ4n) is 2.93. The van der Waals surface area contributed by atoms with Gasteiger partial charge in [0.2, 0.25) is 0 Å². The van der Waals surface area contributed by atoms with E-state index in [0.717, 1.165) is 10.5 Å². The molecule has 0 saturated carbocycles. The summed E-state index contributed by atoms with van der Waals surface area (Å²) in [7, 11) is 0. The summed E-state index contributed by atoms with van der Waals surface area (Å²) in [6.45, 7) is 5.42. The number of piperidine rings is 1. The first-order valence-corrected chi connectivity index (χ1v) is 8.62. The topological polar surface area (TPSA) is 93.1 Å². The second kappa shape index (κ2) is 8.21. The standard InChI is InChI=1S/C19H25NO6/c1-19(2,3)26-17(23)14-10-7-11-20(15(14)16(21)22)18(24)25-12-13-8-5-4-6-9-13/h4-6,8-9,14-15H,7,10-12H2,1-3H3,(H,21,22)/t14-,15-/m0/s1. The Balaban J connectivity index is 2.09. The Morgan fingerprint density at radius 3 is 2.42 bits per heavy atom. The van der Waals surface area contributed by atoms with Crippen LogP contribution in [0.4, 0.5) is 4.79 Å². The fraction of sp³-hybridized carbons (Fsp3) is 0.526. The molecule has 1 fully saturated rings. The molecule has 1 aliphatic rings. The quantitative estimate of drug-likeness (QED) is 0.827. The van der Waals surface area contributed by atoms with Gasteiger partial charge in [0.1, 0.15) is 18.2 Å². The van der Waals surface area contributed by atoms with Crippen LogP contribution in [0.1, 0.15) is 39.2 Å². The Morgan fingerprint density at radius 2 is 1.85 bits per heavy atom. The number of hydrogen-bond donors (Lipinski definition) is 1. The van der Waals surface area contributed by atoms with Crippen LogP contribution in [0.15, 0.2) is 30.3 Å². The van der Waals surface area contributed by atoms with Crippen molar-refractivity contribution in [2.75, 3.05) is 6.54 Å². The van der Waals surface area contributed by atoms with E-state index >= 15 is 0 Å². The molecule has 26 heavy (non-hydrogen) atoms. The molecule has 1 aromatic carbocycles. The second-order valence-electron chi connectivity index (χ2n) is 7.30. The molecule has 1 aliphatic heterocycles. The van der Waals surface area contributed by atoms with Gasteiger partial charge in [-0.15, -0.1) is 0 Å². The molecular formula is C19H25NO6. The molecule has 2 atom stereocenters. The molecular weight excluding hydrogens is 338 g/mol. The van der Waals surface area contributed by atoms with E-state index in [9.17, 15) is 19.5 Å². The van der Waals surface area contributed by atoms with Gasteiger partial charge in [0.05, 0.1) is 5.92 Å². The van der Waals surface area contributed by atoms with Gasteiger partial charge >= 0.3 is 18.0 Å². The van der Waals surface area contributed by atoms with Crippen molar-refractivity contribution >= 4 is 18.0 Å². The van der Waals surface area contributed by atoms with Gasteiger partial charge in [0.25, 0.3) is 0 Å². The predicted molar refractivity (Wildman–Crippen MR) is 93.3 cm³/mol. The molecule has 0 aromatic heterocycles. The zero-order chi connectivity index (χ0) is 19.3. The molecule has 7 nitrogen and oxygen atoms in total. The molecule has 0 radical (unpaired) electrons. The number of hydrogen-bond acceptors (Lipinski definition) is 5. The van der Waals surface area contributed by atoms with Crippen LogP contribution < -0.4 is 0 Å². The maximum Gasteiger partial charge on any atom is 0.410 e. The van der Waals surface area contributed by atoms with E-state index in [1.165, 1.54) is 0 Å². The number of rotatable bonds is 4. The average Bonchev–Trinajstić information content (AvgIpc) is 2.58. The summed E-state index contributed by atoms with van der Waals surface area (Å²) in [4.78, 5) is 37.7. The lowest BCUT2D eigenvalue weighted by Gasteiger charge is -2.37. The Hall–Kier alpha value is -2.57. The van der Waals surface area contributed by atoms with Gasteiger partial charge in [-0.05, 0) is 39.2 Å². The minimum Gasteiger partial charge on any atom is -0.480 e. The normalized spacial score (nSPS) is 20.3. The Kier molecular flexibility index (Phi) is 6.23. The largest absolute Gasteiger partial charge is 0.480 e. The van der Waals surface area contributed by atoms with E-state index in [2.05, 4.69) is 0 Å². The number of nitrogens with zero attached hydrogens (tertiary/aromatic N) is 1. The third-order valence-corrected chi connectivity index (χ3v) is 4.03. The third-order valence-electron chi connectivity index (χ3n) is 4.03. The first-order chi connectivity index (χ1) is 12.2. The highest BCUT2D eigenvalue weighted by Gasteiger charge is 2.45. The summed E-state index contributed by atoms with van der Waals surface area (Å²) in [5.74, 6) is -2.76. The number of carbonyl (C=O) groups excluding carboxylic acids is 2. The highest BCUT2D eigenvalue weighted by molar-refractivity contribution is 5.87. The van der Waals surface area contributed by atoms with Gasteiger partial charge < -0.3 is 14.6 Å². The summed E-state index contributed by atoms with van der Waals surface area (Å²) in [5.41, 5.74) is 0.0735. The maximum absolute atomic E-state index is 12.4. The van der Waals surface area contributed by atoms with E-state index in [1.54, 1.807) is 20.8 Å². The van der Waals surface area contributed by atoms with E-state index < -0.39 is 35.6 Å². The average molecular weight is 363 g/mol. The maximum atomic E-state index is 12.4. The van der Waals surface area contributed by atoms with E-state index in [-0.39, 0.29) is 13.2 Å². The van der Waals surface area contributed by atoms with Gasteiger partial charge in [-0.3, -0.25) is 9.69 Å². The van der Waals surface area contributed by atoms with Crippen molar-refractivity contribution in [3.63, 3.8) is 0 Å². The van der Waals surface area contributed by atoms with E-state index in [0.29, 0.717) is 12.8 Å². The fourth-order valence-corrected chi connectivity index (χ4v) is 2.93. The molecule has 0 aliphatic carbocycles. The second-order valence-corrected chi connectivity index (χ2v) is 7.30. The molecule has 1 N–H and O–H groups in total. The van der Waals surface area contributed by atoms with E-state index in [4.69, 9.17) is 9.47 Å². The van der Waals surface area contributed by atoms with Crippen molar-refractivity contribution in [2.45, 2.75) is 51.9 Å². The molecule has 0 bridgehead atoms. The molecule has 0 unspecified atom stereocenters. The first-order valence-electron chi connectivity index (χ1n) is 8.62. The Labute approximate surface area is 152 Å². The molecule has 1 heterocycles. The van der Waals surface area contributed by atoms with Crippen molar-refractivity contribution in [3.05, 3.63) is 35.9 Å². The Bertz CT molecular complexity index is 652. The summed E-state index contributed by atoms with van der Waals surface area (Å²) < 4.78 is 10.6. The lowest BCUT2D eigenvalue weighted by Crippen LogP contribution is -2.55. The number of carboxylic acid groups (broad SMARTS) is 1. The minimum absolute atomic E-state index is 0.0413. The molecule has 1 amide bonds. The summed E-state index contributed by atoms with van der Waals surface area (Å²) in [6, 6.07) is 7.82. The molecule has 2 rings (SSSR count). The lowest BCUT2D eigenvalue weighted by molar-refractivity contribution is -0.169. The van der Waals surface area contributed by atoms with Crippen LogP contribution in [-0.4, -0.2) is 46.2 Å². The van der Waals surface area contributed by atoms with Crippen LogP contribution in [0.3, 0.4) is 0 Å². The minimum atomic E-state index is -1.29. The Morgan fingerprint density at radius 1 is 1.19 bits per heavy atom. The van der Waals surface area contributed by atoms with Gasteiger partial charge in [0, 0.05) is 6.54 Å². The highest BCUT2D eigenvalue weighted by Crippen LogP contribution is 2.28. The van der Waals surface area contributed by atoms with Crippen molar-refractivity contribution in [2.24, 2.45) is 5.92 Å². The number of benzene rings is 1. The van der Waals surface area contributed by atoms with Crippen LogP contribution in [0.2, 0.25) is 0 Å². The molecule has 142 valence electrons. The summed E-state index contributed by atoms with van der Waals surface area (Å²) >= 11 is 0. The summed E-state index contributed by atoms with van der Waals surface area (Å²) in [6.07, 6.45) is 0.122. The van der Waals surface area contributed by atoms with Gasteiger partial charge in [-0.25, -0.2) is 9.59 Å². The van der Waals surface area contributed by atoms with Gasteiger partial charge in [-0.2, -0.15) is 0 Å². The van der Waals surface area contributed by atoms with Crippen LogP contribution in [-0.2, 0) is 25.7 Å². The SMILES string of the molecule is CC(C)(C)OC(=O)[C@H]1CCCN(C(=O)OCc2ccccc2)[C@@H]1C(=O)O. The third kappa shape index (κ3) is 5.21. The van der Waals surface area contributed by atoms with E-state index in [1.807, 2.05) is 30.3 Å². The monoisotopic (exact) mass is 363 g/mol. The number of carbonyl (C=O) groups is 3. The zero-order valence-electron chi connectivity index (χ0n) is 15.3. The van der Waals surface area contributed by atoms with Crippen LogP contribution in [0.5, 0.6) is 0 Å². The molecule has 1 saturated heterocycles. The molecule has 1 aromatic rings. The van der Waals surface area contributed by atoms with Crippen molar-refractivity contribution in [3.8, 4) is 0 Å². The molecule has 0 spiro atoms. The first kappa shape index (κ1) is 19.8. The molecule has 7 heteroatoms. The lowest BCUT2D eigenvalue weighted by atomic mass is 9.89. The summed E-state index contributed by atoms with van der Waals surface area (Å²) in [5, 5.41) is 9.60. The number of ether oxygens (including phenoxy) is 2. The van der Waals surface area contributed by atoms with Crippen LogP contribution >= 0.6 is 0 Å².